The summed E-state index contributed by atoms with van der Waals surface area (Å²) < 4.78 is 5.84. The van der Waals surface area contributed by atoms with Gasteiger partial charge >= 0.3 is 0 Å². The van der Waals surface area contributed by atoms with Crippen LogP contribution in [-0.4, -0.2) is 49.6 Å². The fraction of sp³-hybridized carbons (Fsp3) is 0.733. The summed E-state index contributed by atoms with van der Waals surface area (Å²) in [6, 6.07) is 4.14. The maximum atomic E-state index is 5.84. The maximum Gasteiger partial charge on any atom is 0.118 e. The van der Waals surface area contributed by atoms with Crippen LogP contribution in [-0.2, 0) is 13.1 Å². The molecule has 1 aromatic heterocycles. The number of hydrogen-bond acceptors (Lipinski definition) is 4. The topological polar surface area (TPSA) is 31.6 Å². The molecule has 0 fully saturated rings. The zero-order chi connectivity index (χ0) is 14.5. The minimum Gasteiger partial charge on any atom is -0.463 e. The highest BCUT2D eigenvalue weighted by Crippen LogP contribution is 2.11. The zero-order valence-electron chi connectivity index (χ0n) is 13.3. The number of nitrogens with zero attached hydrogens (tertiary/aromatic N) is 2. The van der Waals surface area contributed by atoms with Gasteiger partial charge in [-0.15, -0.1) is 0 Å². The van der Waals surface area contributed by atoms with Gasteiger partial charge in [0, 0.05) is 18.6 Å². The predicted octanol–water partition coefficient (Wildman–Crippen LogP) is 2.16. The molecule has 0 amide bonds. The second kappa shape index (κ2) is 7.08. The van der Waals surface area contributed by atoms with Crippen molar-refractivity contribution in [3.8, 4) is 0 Å². The van der Waals surface area contributed by atoms with Gasteiger partial charge in [-0.3, -0.25) is 4.90 Å². The lowest BCUT2D eigenvalue weighted by molar-refractivity contribution is 0.254. The molecular formula is C15H29N3O. The van der Waals surface area contributed by atoms with Crippen LogP contribution in [0, 0.1) is 0 Å². The van der Waals surface area contributed by atoms with Crippen LogP contribution < -0.4 is 5.32 Å². The largest absolute Gasteiger partial charge is 0.463 e. The smallest absolute Gasteiger partial charge is 0.118 e. The van der Waals surface area contributed by atoms with Gasteiger partial charge in [-0.2, -0.15) is 0 Å². The molecule has 0 aliphatic carbocycles. The molecule has 4 heteroatoms. The Kier molecular flexibility index (Phi) is 6.04. The van der Waals surface area contributed by atoms with E-state index in [9.17, 15) is 0 Å². The molecule has 0 aromatic carbocycles. The lowest BCUT2D eigenvalue weighted by atomic mass is 10.1. The third-order valence-corrected chi connectivity index (χ3v) is 2.86. The Hall–Kier alpha value is -0.840. The van der Waals surface area contributed by atoms with E-state index in [-0.39, 0.29) is 5.54 Å². The monoisotopic (exact) mass is 267 g/mol. The van der Waals surface area contributed by atoms with Crippen LogP contribution in [0.2, 0.25) is 0 Å². The highest BCUT2D eigenvalue weighted by molar-refractivity contribution is 5.07. The number of rotatable bonds is 7. The van der Waals surface area contributed by atoms with Gasteiger partial charge in [0.2, 0.25) is 0 Å². The van der Waals surface area contributed by atoms with Crippen LogP contribution >= 0.6 is 0 Å². The SMILES string of the molecule is CN(C)CCN(C)Cc1ccc(CNC(C)(C)C)o1. The van der Waals surface area contributed by atoms with E-state index in [0.717, 1.165) is 37.7 Å². The van der Waals surface area contributed by atoms with Crippen LogP contribution in [0.4, 0.5) is 0 Å². The summed E-state index contributed by atoms with van der Waals surface area (Å²) >= 11 is 0. The van der Waals surface area contributed by atoms with Gasteiger partial charge in [-0.1, -0.05) is 0 Å². The molecule has 110 valence electrons. The zero-order valence-corrected chi connectivity index (χ0v) is 13.3. The van der Waals surface area contributed by atoms with Crippen LogP contribution in [0.15, 0.2) is 16.5 Å². The van der Waals surface area contributed by atoms with Gasteiger partial charge in [0.15, 0.2) is 0 Å². The molecule has 1 N–H and O–H groups in total. The molecule has 0 saturated carbocycles. The fourth-order valence-electron chi connectivity index (χ4n) is 1.67. The van der Waals surface area contributed by atoms with E-state index in [1.54, 1.807) is 0 Å². The Morgan fingerprint density at radius 1 is 1.05 bits per heavy atom. The highest BCUT2D eigenvalue weighted by atomic mass is 16.3. The summed E-state index contributed by atoms with van der Waals surface area (Å²) in [5.41, 5.74) is 0.120. The quantitative estimate of drug-likeness (QED) is 0.820. The molecule has 0 bridgehead atoms. The Labute approximate surface area is 117 Å². The molecule has 1 rings (SSSR count). The molecule has 0 spiro atoms. The van der Waals surface area contributed by atoms with E-state index in [0.29, 0.717) is 0 Å². The fourth-order valence-corrected chi connectivity index (χ4v) is 1.67. The van der Waals surface area contributed by atoms with E-state index < -0.39 is 0 Å². The first-order valence-electron chi connectivity index (χ1n) is 6.92. The molecule has 0 aliphatic heterocycles. The second-order valence-electron chi connectivity index (χ2n) is 6.51. The average Bonchev–Trinajstić information content (AvgIpc) is 2.70. The third kappa shape index (κ3) is 7.35. The first-order valence-corrected chi connectivity index (χ1v) is 6.92. The van der Waals surface area contributed by atoms with Crippen LogP contribution in [0.5, 0.6) is 0 Å². The molecule has 19 heavy (non-hydrogen) atoms. The van der Waals surface area contributed by atoms with E-state index in [1.165, 1.54) is 0 Å². The van der Waals surface area contributed by atoms with Gasteiger partial charge in [0.25, 0.3) is 0 Å². The van der Waals surface area contributed by atoms with E-state index >= 15 is 0 Å². The summed E-state index contributed by atoms with van der Waals surface area (Å²) in [7, 11) is 6.31. The first-order chi connectivity index (χ1) is 8.76. The minimum absolute atomic E-state index is 0.120. The molecule has 0 aliphatic rings. The number of likely N-dealkylation sites (N-methyl/N-ethyl adjacent to an activating group) is 2. The summed E-state index contributed by atoms with van der Waals surface area (Å²) in [6.45, 7) is 10.2. The lowest BCUT2D eigenvalue weighted by Gasteiger charge is -2.19. The summed E-state index contributed by atoms with van der Waals surface area (Å²) in [5.74, 6) is 2.04. The molecule has 0 atom stereocenters. The Morgan fingerprint density at radius 3 is 2.26 bits per heavy atom. The van der Waals surface area contributed by atoms with E-state index in [2.05, 4.69) is 69.2 Å². The van der Waals surface area contributed by atoms with Crippen molar-refractivity contribution in [3.05, 3.63) is 23.7 Å². The van der Waals surface area contributed by atoms with Crippen molar-refractivity contribution in [2.75, 3.05) is 34.2 Å². The number of hydrogen-bond donors (Lipinski definition) is 1. The van der Waals surface area contributed by atoms with Crippen molar-refractivity contribution < 1.29 is 4.42 Å². The Bertz CT molecular complexity index is 366. The van der Waals surface area contributed by atoms with Crippen molar-refractivity contribution in [1.82, 2.24) is 15.1 Å². The molecule has 0 saturated heterocycles. The van der Waals surface area contributed by atoms with Gasteiger partial charge in [-0.25, -0.2) is 0 Å². The molecule has 1 heterocycles. The lowest BCUT2D eigenvalue weighted by Crippen LogP contribution is -2.34. The Balaban J connectivity index is 2.38. The second-order valence-corrected chi connectivity index (χ2v) is 6.51. The van der Waals surface area contributed by atoms with Crippen molar-refractivity contribution in [1.29, 1.82) is 0 Å². The van der Waals surface area contributed by atoms with Crippen LogP contribution in [0.25, 0.3) is 0 Å². The van der Waals surface area contributed by atoms with Crippen molar-refractivity contribution in [3.63, 3.8) is 0 Å². The molecule has 1 aromatic rings. The van der Waals surface area contributed by atoms with Crippen molar-refractivity contribution >= 4 is 0 Å². The van der Waals surface area contributed by atoms with Crippen LogP contribution in [0.1, 0.15) is 32.3 Å². The minimum atomic E-state index is 0.120. The van der Waals surface area contributed by atoms with Gasteiger partial charge in [0.1, 0.15) is 11.5 Å². The molecule has 4 nitrogen and oxygen atoms in total. The van der Waals surface area contributed by atoms with E-state index in [4.69, 9.17) is 4.42 Å². The number of nitrogens with one attached hydrogen (secondary N) is 1. The molecular weight excluding hydrogens is 238 g/mol. The van der Waals surface area contributed by atoms with Crippen molar-refractivity contribution in [2.45, 2.75) is 39.4 Å². The third-order valence-electron chi connectivity index (χ3n) is 2.86. The highest BCUT2D eigenvalue weighted by Gasteiger charge is 2.11. The standard InChI is InChI=1S/C15H29N3O/c1-15(2,3)16-11-13-7-8-14(19-13)12-18(6)10-9-17(4)5/h7-8,16H,9-12H2,1-6H3. The van der Waals surface area contributed by atoms with Gasteiger partial charge in [0.05, 0.1) is 13.1 Å². The number of furan rings is 1. The summed E-state index contributed by atoms with van der Waals surface area (Å²) in [6.07, 6.45) is 0. The van der Waals surface area contributed by atoms with Gasteiger partial charge in [-0.05, 0) is 54.0 Å². The average molecular weight is 267 g/mol. The van der Waals surface area contributed by atoms with Crippen LogP contribution in [0.3, 0.4) is 0 Å². The predicted molar refractivity (Wildman–Crippen MR) is 80.2 cm³/mol. The Morgan fingerprint density at radius 2 is 1.68 bits per heavy atom. The molecule has 0 radical (unpaired) electrons. The van der Waals surface area contributed by atoms with E-state index in [1.807, 2.05) is 0 Å². The summed E-state index contributed by atoms with van der Waals surface area (Å²) in [5, 5.41) is 3.43. The first kappa shape index (κ1) is 16.2. The van der Waals surface area contributed by atoms with Gasteiger partial charge < -0.3 is 14.6 Å². The maximum absolute atomic E-state index is 5.84. The molecule has 0 unspecified atom stereocenters. The van der Waals surface area contributed by atoms with Crippen molar-refractivity contribution in [2.24, 2.45) is 0 Å². The summed E-state index contributed by atoms with van der Waals surface area (Å²) in [4.78, 5) is 4.47. The normalized spacial score (nSPS) is 12.6.